The van der Waals surface area contributed by atoms with Crippen molar-refractivity contribution < 1.29 is 0 Å². The van der Waals surface area contributed by atoms with Crippen LogP contribution >= 0.6 is 23.2 Å². The molecule has 3 nitrogen and oxygen atoms in total. The molecule has 0 aliphatic heterocycles. The minimum absolute atomic E-state index is 0.323. The molecule has 0 fully saturated rings. The molecular formula is C12H11Cl2N3. The molecule has 5 heteroatoms. The Labute approximate surface area is 110 Å². The first-order valence-corrected chi connectivity index (χ1v) is 5.82. The zero-order valence-electron chi connectivity index (χ0n) is 9.48. The van der Waals surface area contributed by atoms with Crippen molar-refractivity contribution in [2.45, 2.75) is 6.92 Å². The van der Waals surface area contributed by atoms with Crippen LogP contribution in [0.4, 0.5) is 11.4 Å². The van der Waals surface area contributed by atoms with Gasteiger partial charge in [0.2, 0.25) is 0 Å². The number of halogens is 2. The molecule has 0 saturated heterocycles. The number of benzene rings is 1. The van der Waals surface area contributed by atoms with Crippen molar-refractivity contribution in [1.82, 2.24) is 10.2 Å². The minimum Gasteiger partial charge on any atom is -0.342 e. The summed E-state index contributed by atoms with van der Waals surface area (Å²) in [5.41, 5.74) is 2.95. The monoisotopic (exact) mass is 267 g/mol. The zero-order chi connectivity index (χ0) is 12.4. The molecule has 1 aromatic carbocycles. The quantitative estimate of drug-likeness (QED) is 0.828. The van der Waals surface area contributed by atoms with E-state index in [2.05, 4.69) is 10.2 Å². The maximum atomic E-state index is 6.00. The predicted octanol–water partition coefficient (Wildman–Crippen LogP) is 3.86. The van der Waals surface area contributed by atoms with Crippen LogP contribution in [-0.2, 0) is 0 Å². The molecule has 0 bridgehead atoms. The standard InChI is InChI=1S/C12H11Cl2N3/c1-8-3-5-9(6-4-8)17(2)10-7-11(13)15-16-12(10)14/h3-7H,1-2H3. The van der Waals surface area contributed by atoms with E-state index in [0.29, 0.717) is 10.3 Å². The lowest BCUT2D eigenvalue weighted by atomic mass is 10.2. The largest absolute Gasteiger partial charge is 0.342 e. The molecule has 0 amide bonds. The highest BCUT2D eigenvalue weighted by Gasteiger charge is 2.10. The van der Waals surface area contributed by atoms with Crippen molar-refractivity contribution in [3.8, 4) is 0 Å². The number of hydrogen-bond donors (Lipinski definition) is 0. The summed E-state index contributed by atoms with van der Waals surface area (Å²) < 4.78 is 0. The molecule has 0 saturated carbocycles. The van der Waals surface area contributed by atoms with E-state index in [4.69, 9.17) is 23.2 Å². The SMILES string of the molecule is Cc1ccc(N(C)c2cc(Cl)nnc2Cl)cc1. The van der Waals surface area contributed by atoms with Gasteiger partial charge in [-0.3, -0.25) is 0 Å². The molecular weight excluding hydrogens is 257 g/mol. The van der Waals surface area contributed by atoms with Gasteiger partial charge < -0.3 is 4.90 Å². The molecule has 0 aliphatic carbocycles. The second-order valence-corrected chi connectivity index (χ2v) is 4.48. The first-order chi connectivity index (χ1) is 8.08. The Kier molecular flexibility index (Phi) is 3.50. The van der Waals surface area contributed by atoms with Crippen molar-refractivity contribution >= 4 is 34.6 Å². The number of rotatable bonds is 2. The van der Waals surface area contributed by atoms with E-state index in [9.17, 15) is 0 Å². The van der Waals surface area contributed by atoms with Crippen molar-refractivity contribution in [1.29, 1.82) is 0 Å². The predicted molar refractivity (Wildman–Crippen MR) is 71.3 cm³/mol. The molecule has 1 aromatic heterocycles. The van der Waals surface area contributed by atoms with Crippen molar-refractivity contribution in [3.63, 3.8) is 0 Å². The van der Waals surface area contributed by atoms with E-state index in [-0.39, 0.29) is 0 Å². The maximum absolute atomic E-state index is 6.00. The van der Waals surface area contributed by atoms with E-state index < -0.39 is 0 Å². The Hall–Kier alpha value is -1.32. The lowest BCUT2D eigenvalue weighted by molar-refractivity contribution is 1.02. The number of nitrogens with zero attached hydrogens (tertiary/aromatic N) is 3. The third-order valence-electron chi connectivity index (χ3n) is 2.48. The molecule has 0 radical (unpaired) electrons. The molecule has 0 aliphatic rings. The van der Waals surface area contributed by atoms with Gasteiger partial charge in [-0.25, -0.2) is 0 Å². The van der Waals surface area contributed by atoms with E-state index in [1.165, 1.54) is 5.56 Å². The van der Waals surface area contributed by atoms with Crippen LogP contribution in [0.2, 0.25) is 10.3 Å². The molecule has 17 heavy (non-hydrogen) atoms. The van der Waals surface area contributed by atoms with Gasteiger partial charge in [0.1, 0.15) is 0 Å². The van der Waals surface area contributed by atoms with Crippen molar-refractivity contribution in [3.05, 3.63) is 46.2 Å². The van der Waals surface area contributed by atoms with E-state index in [0.717, 1.165) is 11.4 Å². The van der Waals surface area contributed by atoms with Crippen molar-refractivity contribution in [2.75, 3.05) is 11.9 Å². The Morgan fingerprint density at radius 2 is 1.71 bits per heavy atom. The van der Waals surface area contributed by atoms with Gasteiger partial charge in [0, 0.05) is 18.8 Å². The summed E-state index contributed by atoms with van der Waals surface area (Å²) in [6, 6.07) is 9.79. The average Bonchev–Trinajstić information content (AvgIpc) is 2.32. The number of hydrogen-bond acceptors (Lipinski definition) is 3. The maximum Gasteiger partial charge on any atom is 0.175 e. The first-order valence-electron chi connectivity index (χ1n) is 5.07. The molecule has 0 spiro atoms. The van der Waals surface area contributed by atoms with Gasteiger partial charge in [0.15, 0.2) is 10.3 Å². The van der Waals surface area contributed by atoms with Crippen LogP contribution in [0.3, 0.4) is 0 Å². The first kappa shape index (κ1) is 12.1. The fourth-order valence-electron chi connectivity index (χ4n) is 1.49. The van der Waals surface area contributed by atoms with E-state index >= 15 is 0 Å². The lowest BCUT2D eigenvalue weighted by Crippen LogP contribution is -2.10. The smallest absolute Gasteiger partial charge is 0.175 e. The fourth-order valence-corrected chi connectivity index (χ4v) is 1.85. The second-order valence-electron chi connectivity index (χ2n) is 3.74. The number of aryl methyl sites for hydroxylation is 1. The van der Waals surface area contributed by atoms with Crippen LogP contribution in [-0.4, -0.2) is 17.2 Å². The normalized spacial score (nSPS) is 10.4. The van der Waals surface area contributed by atoms with E-state index in [1.54, 1.807) is 6.07 Å². The third kappa shape index (κ3) is 2.68. The van der Waals surface area contributed by atoms with E-state index in [1.807, 2.05) is 43.1 Å². The summed E-state index contributed by atoms with van der Waals surface area (Å²) in [6.07, 6.45) is 0. The van der Waals surface area contributed by atoms with Gasteiger partial charge in [-0.2, -0.15) is 0 Å². The highest BCUT2D eigenvalue weighted by molar-refractivity contribution is 6.33. The van der Waals surface area contributed by atoms with Gasteiger partial charge in [-0.15, -0.1) is 10.2 Å². The zero-order valence-corrected chi connectivity index (χ0v) is 11.0. The molecule has 0 atom stereocenters. The van der Waals surface area contributed by atoms with Gasteiger partial charge in [-0.05, 0) is 19.1 Å². The summed E-state index contributed by atoms with van der Waals surface area (Å²) in [4.78, 5) is 1.92. The number of aromatic nitrogens is 2. The van der Waals surface area contributed by atoms with Crippen LogP contribution < -0.4 is 4.90 Å². The molecule has 0 unspecified atom stereocenters. The van der Waals surface area contributed by atoms with Crippen LogP contribution in [0.5, 0.6) is 0 Å². The summed E-state index contributed by atoms with van der Waals surface area (Å²) >= 11 is 11.8. The Balaban J connectivity index is 2.39. The average molecular weight is 268 g/mol. The van der Waals surface area contributed by atoms with Gasteiger partial charge in [0.05, 0.1) is 5.69 Å². The second kappa shape index (κ2) is 4.90. The van der Waals surface area contributed by atoms with Crippen LogP contribution in [0, 0.1) is 6.92 Å². The Bertz CT molecular complexity index is 526. The van der Waals surface area contributed by atoms with Gasteiger partial charge >= 0.3 is 0 Å². The Morgan fingerprint density at radius 1 is 1.06 bits per heavy atom. The van der Waals surface area contributed by atoms with Crippen LogP contribution in [0.25, 0.3) is 0 Å². The summed E-state index contributed by atoms with van der Waals surface area (Å²) in [6.45, 7) is 2.04. The third-order valence-corrected chi connectivity index (χ3v) is 2.94. The van der Waals surface area contributed by atoms with Gasteiger partial charge in [-0.1, -0.05) is 40.9 Å². The Morgan fingerprint density at radius 3 is 2.35 bits per heavy atom. The van der Waals surface area contributed by atoms with Crippen LogP contribution in [0.15, 0.2) is 30.3 Å². The molecule has 2 rings (SSSR count). The fraction of sp³-hybridized carbons (Fsp3) is 0.167. The van der Waals surface area contributed by atoms with Crippen molar-refractivity contribution in [2.24, 2.45) is 0 Å². The molecule has 0 N–H and O–H groups in total. The molecule has 88 valence electrons. The number of anilines is 2. The lowest BCUT2D eigenvalue weighted by Gasteiger charge is -2.20. The molecule has 1 heterocycles. The highest BCUT2D eigenvalue weighted by Crippen LogP contribution is 2.30. The molecule has 2 aromatic rings. The highest BCUT2D eigenvalue weighted by atomic mass is 35.5. The summed E-state index contributed by atoms with van der Waals surface area (Å²) in [5.74, 6) is 0. The minimum atomic E-state index is 0.323. The summed E-state index contributed by atoms with van der Waals surface area (Å²) in [7, 11) is 1.91. The summed E-state index contributed by atoms with van der Waals surface area (Å²) in [5, 5.41) is 8.12. The topological polar surface area (TPSA) is 29.0 Å². The van der Waals surface area contributed by atoms with Crippen LogP contribution in [0.1, 0.15) is 5.56 Å². The van der Waals surface area contributed by atoms with Gasteiger partial charge in [0.25, 0.3) is 0 Å².